The number of H-pyrrole nitrogens is 1. The summed E-state index contributed by atoms with van der Waals surface area (Å²) in [6.07, 6.45) is 2.72. The van der Waals surface area contributed by atoms with Crippen molar-refractivity contribution in [3.63, 3.8) is 0 Å². The van der Waals surface area contributed by atoms with E-state index in [1.165, 1.54) is 5.56 Å². The van der Waals surface area contributed by atoms with Gasteiger partial charge in [-0.2, -0.15) is 11.3 Å². The van der Waals surface area contributed by atoms with Crippen LogP contribution in [0.5, 0.6) is 0 Å². The first-order valence-electron chi connectivity index (χ1n) is 6.62. The van der Waals surface area contributed by atoms with E-state index in [9.17, 15) is 4.79 Å². The van der Waals surface area contributed by atoms with Crippen molar-refractivity contribution >= 4 is 28.1 Å². The van der Waals surface area contributed by atoms with Gasteiger partial charge in [0.05, 0.1) is 0 Å². The smallest absolute Gasteiger partial charge is 0.252 e. The molecule has 3 aromatic rings. The van der Waals surface area contributed by atoms with Gasteiger partial charge in [0.25, 0.3) is 5.91 Å². The van der Waals surface area contributed by atoms with Crippen molar-refractivity contribution in [2.24, 2.45) is 0 Å². The first kappa shape index (κ1) is 12.9. The molecule has 102 valence electrons. The number of benzene rings is 1. The van der Waals surface area contributed by atoms with Crippen molar-refractivity contribution in [2.75, 3.05) is 0 Å². The summed E-state index contributed by atoms with van der Waals surface area (Å²) < 4.78 is 0. The molecule has 2 heterocycles. The van der Waals surface area contributed by atoms with E-state index in [1.54, 1.807) is 11.3 Å². The largest absolute Gasteiger partial charge is 0.361 e. The molecule has 2 N–H and O–H groups in total. The second-order valence-electron chi connectivity index (χ2n) is 4.95. The van der Waals surface area contributed by atoms with E-state index in [1.807, 2.05) is 37.4 Å². The Kier molecular flexibility index (Phi) is 3.56. The zero-order valence-corrected chi connectivity index (χ0v) is 12.0. The average molecular weight is 284 g/mol. The fraction of sp³-hybridized carbons (Fsp3) is 0.188. The molecule has 1 aromatic carbocycles. The van der Waals surface area contributed by atoms with Crippen LogP contribution in [-0.2, 0) is 6.42 Å². The first-order valence-corrected chi connectivity index (χ1v) is 7.56. The average Bonchev–Trinajstić information content (AvgIpc) is 3.08. The third kappa shape index (κ3) is 2.60. The Bertz CT molecular complexity index is 715. The van der Waals surface area contributed by atoms with E-state index < -0.39 is 0 Å². The lowest BCUT2D eigenvalue weighted by molar-refractivity contribution is 0.0942. The van der Waals surface area contributed by atoms with E-state index in [4.69, 9.17) is 0 Å². The topological polar surface area (TPSA) is 44.9 Å². The van der Waals surface area contributed by atoms with Crippen LogP contribution in [0.25, 0.3) is 10.9 Å². The van der Waals surface area contributed by atoms with Crippen molar-refractivity contribution in [3.8, 4) is 0 Å². The maximum Gasteiger partial charge on any atom is 0.252 e. The highest BCUT2D eigenvalue weighted by Crippen LogP contribution is 2.17. The number of carbonyl (C=O) groups is 1. The molecule has 0 aliphatic carbocycles. The second kappa shape index (κ2) is 5.51. The molecular formula is C16H16N2OS. The Morgan fingerprint density at radius 3 is 3.05 bits per heavy atom. The lowest BCUT2D eigenvalue weighted by atomic mass is 10.1. The molecular weight excluding hydrogens is 268 g/mol. The van der Waals surface area contributed by atoms with Crippen LogP contribution in [0, 0.1) is 0 Å². The molecule has 1 atom stereocenters. The number of aromatic nitrogens is 1. The minimum atomic E-state index is -0.0158. The summed E-state index contributed by atoms with van der Waals surface area (Å²) >= 11 is 1.68. The van der Waals surface area contributed by atoms with Crippen LogP contribution in [-0.4, -0.2) is 16.9 Å². The fourth-order valence-corrected chi connectivity index (χ4v) is 3.08. The SMILES string of the molecule is CC(Cc1ccsc1)NC(=O)c1cccc2[nH]ccc12. The molecule has 0 spiro atoms. The Hall–Kier alpha value is -2.07. The van der Waals surface area contributed by atoms with Gasteiger partial charge in [-0.15, -0.1) is 0 Å². The molecule has 0 saturated carbocycles. The van der Waals surface area contributed by atoms with Gasteiger partial charge in [-0.05, 0) is 53.9 Å². The Morgan fingerprint density at radius 1 is 1.35 bits per heavy atom. The number of amides is 1. The molecule has 3 rings (SSSR count). The molecule has 1 amide bonds. The zero-order valence-electron chi connectivity index (χ0n) is 11.2. The predicted octanol–water partition coefficient (Wildman–Crippen LogP) is 3.59. The third-order valence-corrected chi connectivity index (χ3v) is 4.07. The van der Waals surface area contributed by atoms with E-state index in [0.717, 1.165) is 22.9 Å². The van der Waals surface area contributed by atoms with E-state index >= 15 is 0 Å². The molecule has 3 nitrogen and oxygen atoms in total. The number of aromatic amines is 1. The zero-order chi connectivity index (χ0) is 13.9. The van der Waals surface area contributed by atoms with Crippen LogP contribution < -0.4 is 5.32 Å². The number of thiophene rings is 1. The van der Waals surface area contributed by atoms with Gasteiger partial charge in [0, 0.05) is 28.7 Å². The van der Waals surface area contributed by atoms with Gasteiger partial charge in [0.1, 0.15) is 0 Å². The van der Waals surface area contributed by atoms with Crippen molar-refractivity contribution in [1.29, 1.82) is 0 Å². The van der Waals surface area contributed by atoms with Gasteiger partial charge in [-0.25, -0.2) is 0 Å². The van der Waals surface area contributed by atoms with Gasteiger partial charge >= 0.3 is 0 Å². The maximum atomic E-state index is 12.4. The summed E-state index contributed by atoms with van der Waals surface area (Å²) in [6, 6.07) is 9.89. The van der Waals surface area contributed by atoms with Crippen molar-refractivity contribution in [1.82, 2.24) is 10.3 Å². The Morgan fingerprint density at radius 2 is 2.25 bits per heavy atom. The van der Waals surface area contributed by atoms with Gasteiger partial charge in [0.2, 0.25) is 0 Å². The first-order chi connectivity index (χ1) is 9.74. The van der Waals surface area contributed by atoms with Crippen molar-refractivity contribution in [2.45, 2.75) is 19.4 Å². The molecule has 20 heavy (non-hydrogen) atoms. The minimum Gasteiger partial charge on any atom is -0.361 e. The molecule has 0 aliphatic heterocycles. The second-order valence-corrected chi connectivity index (χ2v) is 5.73. The van der Waals surface area contributed by atoms with Crippen LogP contribution in [0.4, 0.5) is 0 Å². The number of nitrogens with one attached hydrogen (secondary N) is 2. The molecule has 0 saturated heterocycles. The summed E-state index contributed by atoms with van der Waals surface area (Å²) in [5.74, 6) is -0.0158. The normalized spacial score (nSPS) is 12.4. The molecule has 1 unspecified atom stereocenters. The lowest BCUT2D eigenvalue weighted by Gasteiger charge is -2.13. The predicted molar refractivity (Wildman–Crippen MR) is 83.2 cm³/mol. The molecule has 2 aromatic heterocycles. The van der Waals surface area contributed by atoms with Gasteiger partial charge < -0.3 is 10.3 Å². The summed E-state index contributed by atoms with van der Waals surface area (Å²) in [7, 11) is 0. The van der Waals surface area contributed by atoms with Gasteiger partial charge in [0.15, 0.2) is 0 Å². The highest BCUT2D eigenvalue weighted by atomic mass is 32.1. The van der Waals surface area contributed by atoms with Crippen LogP contribution >= 0.6 is 11.3 Å². The van der Waals surface area contributed by atoms with Crippen LogP contribution in [0.1, 0.15) is 22.8 Å². The summed E-state index contributed by atoms with van der Waals surface area (Å²) in [5, 5.41) is 8.21. The number of fused-ring (bicyclic) bond motifs is 1. The van der Waals surface area contributed by atoms with Gasteiger partial charge in [-0.3, -0.25) is 4.79 Å². The highest BCUT2D eigenvalue weighted by Gasteiger charge is 2.13. The van der Waals surface area contributed by atoms with E-state index in [0.29, 0.717) is 0 Å². The Labute approximate surface area is 121 Å². The number of carbonyl (C=O) groups excluding carboxylic acids is 1. The molecule has 0 aliphatic rings. The number of hydrogen-bond acceptors (Lipinski definition) is 2. The fourth-order valence-electron chi connectivity index (χ4n) is 2.40. The maximum absolute atomic E-state index is 12.4. The summed E-state index contributed by atoms with van der Waals surface area (Å²) in [6.45, 7) is 2.03. The van der Waals surface area contributed by atoms with Gasteiger partial charge in [-0.1, -0.05) is 6.07 Å². The van der Waals surface area contributed by atoms with Crippen molar-refractivity contribution < 1.29 is 4.79 Å². The minimum absolute atomic E-state index is 0.0158. The third-order valence-electron chi connectivity index (χ3n) is 3.34. The highest BCUT2D eigenvalue weighted by molar-refractivity contribution is 7.07. The van der Waals surface area contributed by atoms with Crippen LogP contribution in [0.2, 0.25) is 0 Å². The molecule has 0 bridgehead atoms. The van der Waals surface area contributed by atoms with E-state index in [2.05, 4.69) is 27.1 Å². The molecule has 4 heteroatoms. The standard InChI is InChI=1S/C16H16N2OS/c1-11(9-12-6-8-20-10-12)18-16(19)14-3-2-4-15-13(14)5-7-17-15/h2-8,10-11,17H,9H2,1H3,(H,18,19). The summed E-state index contributed by atoms with van der Waals surface area (Å²) in [4.78, 5) is 15.5. The quantitative estimate of drug-likeness (QED) is 0.755. The summed E-state index contributed by atoms with van der Waals surface area (Å²) in [5.41, 5.74) is 2.98. The monoisotopic (exact) mass is 284 g/mol. The lowest BCUT2D eigenvalue weighted by Crippen LogP contribution is -2.34. The van der Waals surface area contributed by atoms with Crippen molar-refractivity contribution in [3.05, 3.63) is 58.4 Å². The van der Waals surface area contributed by atoms with E-state index in [-0.39, 0.29) is 11.9 Å². The number of hydrogen-bond donors (Lipinski definition) is 2. The Balaban J connectivity index is 1.74. The van der Waals surface area contributed by atoms with Crippen LogP contribution in [0.15, 0.2) is 47.3 Å². The molecule has 0 radical (unpaired) electrons. The van der Waals surface area contributed by atoms with Crippen LogP contribution in [0.3, 0.4) is 0 Å². The molecule has 0 fully saturated rings. The number of rotatable bonds is 4.